The molecule has 0 heterocycles. The van der Waals surface area contributed by atoms with E-state index in [1.54, 1.807) is 0 Å². The third kappa shape index (κ3) is 7.52. The summed E-state index contributed by atoms with van der Waals surface area (Å²) in [6.07, 6.45) is 0. The van der Waals surface area contributed by atoms with Crippen molar-refractivity contribution < 1.29 is 14.6 Å². The zero-order chi connectivity index (χ0) is 11.0. The maximum atomic E-state index is 10.3. The molecule has 0 radical (unpaired) electrons. The number of nitrogens with one attached hydrogen (secondary N) is 1. The summed E-state index contributed by atoms with van der Waals surface area (Å²) in [7, 11) is 0. The standard InChI is InChI=1S/C10H17NO3/c1-8(2)7-14-5-4-11-6-9(3)10(12)13/h11H,1,3-7H2,2H3,(H,12,13). The van der Waals surface area contributed by atoms with Crippen LogP contribution in [0.25, 0.3) is 0 Å². The fourth-order valence-electron chi connectivity index (χ4n) is 0.706. The van der Waals surface area contributed by atoms with Gasteiger partial charge in [-0.3, -0.25) is 0 Å². The van der Waals surface area contributed by atoms with Crippen LogP contribution in [0.15, 0.2) is 24.3 Å². The Balaban J connectivity index is 3.26. The van der Waals surface area contributed by atoms with Crippen LogP contribution in [0.4, 0.5) is 0 Å². The van der Waals surface area contributed by atoms with Crippen molar-refractivity contribution >= 4 is 5.97 Å². The first kappa shape index (κ1) is 12.9. The fraction of sp³-hybridized carbons (Fsp3) is 0.500. The molecule has 2 N–H and O–H groups in total. The molecular weight excluding hydrogens is 182 g/mol. The predicted molar refractivity (Wildman–Crippen MR) is 55.3 cm³/mol. The lowest BCUT2D eigenvalue weighted by molar-refractivity contribution is -0.132. The molecule has 0 aliphatic heterocycles. The van der Waals surface area contributed by atoms with Crippen molar-refractivity contribution in [2.45, 2.75) is 6.92 Å². The van der Waals surface area contributed by atoms with Gasteiger partial charge in [-0.2, -0.15) is 0 Å². The molecule has 4 nitrogen and oxygen atoms in total. The highest BCUT2D eigenvalue weighted by Crippen LogP contribution is 1.88. The van der Waals surface area contributed by atoms with E-state index in [1.165, 1.54) is 0 Å². The Labute approximate surface area is 84.3 Å². The lowest BCUT2D eigenvalue weighted by Crippen LogP contribution is -2.24. The van der Waals surface area contributed by atoms with Crippen molar-refractivity contribution in [3.8, 4) is 0 Å². The van der Waals surface area contributed by atoms with Crippen LogP contribution in [0, 0.1) is 0 Å². The SMILES string of the molecule is C=C(C)COCCNCC(=C)C(=O)O. The topological polar surface area (TPSA) is 58.6 Å². The zero-order valence-electron chi connectivity index (χ0n) is 8.51. The zero-order valence-corrected chi connectivity index (χ0v) is 8.51. The molecule has 0 rings (SSSR count). The molecule has 0 atom stereocenters. The highest BCUT2D eigenvalue weighted by molar-refractivity contribution is 5.86. The van der Waals surface area contributed by atoms with E-state index in [-0.39, 0.29) is 12.1 Å². The minimum absolute atomic E-state index is 0.157. The Kier molecular flexibility index (Phi) is 6.70. The van der Waals surface area contributed by atoms with Gasteiger partial charge in [0.15, 0.2) is 0 Å². The summed E-state index contributed by atoms with van der Waals surface area (Å²) >= 11 is 0. The number of carboxylic acid groups (broad SMARTS) is 1. The molecule has 0 saturated heterocycles. The van der Waals surface area contributed by atoms with Crippen LogP contribution in [0.5, 0.6) is 0 Å². The maximum absolute atomic E-state index is 10.3. The van der Waals surface area contributed by atoms with Gasteiger partial charge >= 0.3 is 5.97 Å². The molecule has 0 spiro atoms. The minimum atomic E-state index is -0.972. The van der Waals surface area contributed by atoms with Gasteiger partial charge in [-0.15, -0.1) is 0 Å². The number of carbonyl (C=O) groups is 1. The normalized spacial score (nSPS) is 9.79. The van der Waals surface area contributed by atoms with Crippen molar-refractivity contribution in [2.24, 2.45) is 0 Å². The molecule has 0 aliphatic rings. The van der Waals surface area contributed by atoms with E-state index in [0.717, 1.165) is 5.57 Å². The first-order valence-electron chi connectivity index (χ1n) is 4.38. The van der Waals surface area contributed by atoms with Gasteiger partial charge in [0.25, 0.3) is 0 Å². The summed E-state index contributed by atoms with van der Waals surface area (Å²) in [6.45, 7) is 10.9. The van der Waals surface area contributed by atoms with Gasteiger partial charge in [0, 0.05) is 18.7 Å². The summed E-state index contributed by atoms with van der Waals surface area (Å²) in [4.78, 5) is 10.3. The number of aliphatic carboxylic acids is 1. The van der Waals surface area contributed by atoms with Gasteiger partial charge in [-0.1, -0.05) is 18.7 Å². The molecule has 0 fully saturated rings. The Morgan fingerprint density at radius 3 is 2.64 bits per heavy atom. The number of hydrogen-bond donors (Lipinski definition) is 2. The van der Waals surface area contributed by atoms with E-state index < -0.39 is 5.97 Å². The lowest BCUT2D eigenvalue weighted by Gasteiger charge is -2.05. The number of carboxylic acids is 1. The molecule has 4 heteroatoms. The van der Waals surface area contributed by atoms with Crippen LogP contribution < -0.4 is 5.32 Å². The van der Waals surface area contributed by atoms with E-state index in [0.29, 0.717) is 19.8 Å². The van der Waals surface area contributed by atoms with E-state index in [9.17, 15) is 4.79 Å². The summed E-state index contributed by atoms with van der Waals surface area (Å²) in [5, 5.41) is 11.4. The van der Waals surface area contributed by atoms with Crippen molar-refractivity contribution in [2.75, 3.05) is 26.3 Å². The van der Waals surface area contributed by atoms with Crippen LogP contribution in [0.1, 0.15) is 6.92 Å². The Hall–Kier alpha value is -1.13. The van der Waals surface area contributed by atoms with E-state index in [1.807, 2.05) is 6.92 Å². The van der Waals surface area contributed by atoms with E-state index in [2.05, 4.69) is 18.5 Å². The second-order valence-corrected chi connectivity index (χ2v) is 3.10. The molecule has 80 valence electrons. The van der Waals surface area contributed by atoms with Crippen molar-refractivity contribution in [1.29, 1.82) is 0 Å². The van der Waals surface area contributed by atoms with Gasteiger partial charge < -0.3 is 15.2 Å². The molecule has 14 heavy (non-hydrogen) atoms. The first-order chi connectivity index (χ1) is 6.54. The van der Waals surface area contributed by atoms with Crippen LogP contribution in [-0.2, 0) is 9.53 Å². The predicted octanol–water partition coefficient (Wildman–Crippen LogP) is 0.810. The van der Waals surface area contributed by atoms with Gasteiger partial charge in [-0.25, -0.2) is 4.79 Å². The summed E-state index contributed by atoms with van der Waals surface area (Å²) in [6, 6.07) is 0. The summed E-state index contributed by atoms with van der Waals surface area (Å²) in [5.74, 6) is -0.972. The fourth-order valence-corrected chi connectivity index (χ4v) is 0.706. The highest BCUT2D eigenvalue weighted by atomic mass is 16.5. The van der Waals surface area contributed by atoms with Gasteiger partial charge in [0.2, 0.25) is 0 Å². The van der Waals surface area contributed by atoms with Crippen LogP contribution >= 0.6 is 0 Å². The molecule has 0 amide bonds. The number of rotatable bonds is 8. The lowest BCUT2D eigenvalue weighted by atomic mass is 10.3. The monoisotopic (exact) mass is 199 g/mol. The average Bonchev–Trinajstić information content (AvgIpc) is 2.09. The third-order valence-corrected chi connectivity index (χ3v) is 1.41. The van der Waals surface area contributed by atoms with Crippen molar-refractivity contribution in [3.63, 3.8) is 0 Å². The van der Waals surface area contributed by atoms with Crippen LogP contribution in [0.2, 0.25) is 0 Å². The van der Waals surface area contributed by atoms with Crippen molar-refractivity contribution in [3.05, 3.63) is 24.3 Å². The Morgan fingerprint density at radius 2 is 2.14 bits per heavy atom. The van der Waals surface area contributed by atoms with Gasteiger partial charge in [-0.05, 0) is 6.92 Å². The largest absolute Gasteiger partial charge is 0.478 e. The van der Waals surface area contributed by atoms with Gasteiger partial charge in [0.05, 0.1) is 13.2 Å². The second-order valence-electron chi connectivity index (χ2n) is 3.10. The summed E-state index contributed by atoms with van der Waals surface area (Å²) < 4.78 is 5.20. The first-order valence-corrected chi connectivity index (χ1v) is 4.38. The highest BCUT2D eigenvalue weighted by Gasteiger charge is 2.01. The smallest absolute Gasteiger partial charge is 0.332 e. The molecule has 0 bridgehead atoms. The van der Waals surface area contributed by atoms with Gasteiger partial charge in [0.1, 0.15) is 0 Å². The molecular formula is C10H17NO3. The molecule has 0 aromatic rings. The quantitative estimate of drug-likeness (QED) is 0.345. The van der Waals surface area contributed by atoms with Crippen molar-refractivity contribution in [1.82, 2.24) is 5.32 Å². The molecule has 0 saturated carbocycles. The number of ether oxygens (including phenoxy) is 1. The van der Waals surface area contributed by atoms with E-state index in [4.69, 9.17) is 9.84 Å². The Morgan fingerprint density at radius 1 is 1.50 bits per heavy atom. The Bertz CT molecular complexity index is 223. The van der Waals surface area contributed by atoms with Crippen LogP contribution in [0.3, 0.4) is 0 Å². The van der Waals surface area contributed by atoms with E-state index >= 15 is 0 Å². The summed E-state index contributed by atoms with van der Waals surface area (Å²) in [5.41, 5.74) is 1.13. The molecule has 0 aliphatic carbocycles. The molecule has 0 aromatic carbocycles. The van der Waals surface area contributed by atoms with Crippen LogP contribution in [-0.4, -0.2) is 37.4 Å². The molecule has 0 aromatic heterocycles. The minimum Gasteiger partial charge on any atom is -0.478 e. The molecule has 0 unspecified atom stereocenters. The average molecular weight is 199 g/mol. The third-order valence-electron chi connectivity index (χ3n) is 1.41. The number of hydrogen-bond acceptors (Lipinski definition) is 3. The maximum Gasteiger partial charge on any atom is 0.332 e. The second kappa shape index (κ2) is 7.29.